The molecule has 2 N–H and O–H groups in total. The van der Waals surface area contributed by atoms with Gasteiger partial charge in [-0.15, -0.1) is 5.10 Å². The third-order valence-electron chi connectivity index (χ3n) is 3.70. The van der Waals surface area contributed by atoms with E-state index < -0.39 is 0 Å². The van der Waals surface area contributed by atoms with Crippen LogP contribution in [0.2, 0.25) is 0 Å². The van der Waals surface area contributed by atoms with Crippen LogP contribution in [0.1, 0.15) is 29.0 Å². The molecule has 2 amide bonds. The number of anilines is 1. The minimum Gasteiger partial charge on any atom is -0.344 e. The molecule has 126 valence electrons. The van der Waals surface area contributed by atoms with Gasteiger partial charge in [-0.05, 0) is 43.3 Å². The van der Waals surface area contributed by atoms with E-state index in [1.54, 1.807) is 35.1 Å². The van der Waals surface area contributed by atoms with Crippen LogP contribution in [0.15, 0.2) is 60.8 Å². The number of nitrogens with zero attached hydrogens (tertiary/aromatic N) is 3. The topological polar surface area (TPSA) is 88.9 Å². The lowest BCUT2D eigenvalue weighted by molar-refractivity contribution is -0.105. The van der Waals surface area contributed by atoms with Crippen molar-refractivity contribution in [1.82, 2.24) is 20.3 Å². The Morgan fingerprint density at radius 3 is 2.52 bits per heavy atom. The van der Waals surface area contributed by atoms with E-state index in [4.69, 9.17) is 0 Å². The number of rotatable bonds is 6. The van der Waals surface area contributed by atoms with Crippen LogP contribution in [-0.4, -0.2) is 27.3 Å². The lowest BCUT2D eigenvalue weighted by Crippen LogP contribution is -2.26. The van der Waals surface area contributed by atoms with E-state index in [0.29, 0.717) is 23.4 Å². The number of aromatic nitrogens is 3. The number of carbonyl (C=O) groups excluding carboxylic acids is 2. The molecule has 0 bridgehead atoms. The average molecular weight is 335 g/mol. The molecule has 0 unspecified atom stereocenters. The summed E-state index contributed by atoms with van der Waals surface area (Å²) in [5.41, 5.74) is 2.69. The summed E-state index contributed by atoms with van der Waals surface area (Å²) in [7, 11) is 0. The molecule has 1 atom stereocenters. The SMILES string of the molecule is C[C@@H](NC(=O)c1ccc(NC=O)cc1)c1cn(-c2ccccc2)nn1. The molecule has 1 heterocycles. The lowest BCUT2D eigenvalue weighted by atomic mass is 10.1. The molecule has 1 aromatic heterocycles. The molecule has 0 saturated carbocycles. The van der Waals surface area contributed by atoms with Crippen LogP contribution < -0.4 is 10.6 Å². The Morgan fingerprint density at radius 1 is 1.12 bits per heavy atom. The Bertz CT molecular complexity index is 859. The van der Waals surface area contributed by atoms with Gasteiger partial charge in [-0.3, -0.25) is 9.59 Å². The number of amides is 2. The zero-order valence-electron chi connectivity index (χ0n) is 13.6. The smallest absolute Gasteiger partial charge is 0.251 e. The van der Waals surface area contributed by atoms with E-state index in [0.717, 1.165) is 5.69 Å². The summed E-state index contributed by atoms with van der Waals surface area (Å²) in [6, 6.07) is 16.0. The maximum atomic E-state index is 12.3. The number of carbonyl (C=O) groups is 2. The Balaban J connectivity index is 1.67. The summed E-state index contributed by atoms with van der Waals surface area (Å²) in [5, 5.41) is 13.6. The van der Waals surface area contributed by atoms with Crippen LogP contribution in [-0.2, 0) is 4.79 Å². The molecular weight excluding hydrogens is 318 g/mol. The molecule has 0 aliphatic rings. The second kappa shape index (κ2) is 7.39. The summed E-state index contributed by atoms with van der Waals surface area (Å²) in [4.78, 5) is 22.7. The molecule has 3 rings (SSSR count). The van der Waals surface area contributed by atoms with E-state index in [9.17, 15) is 9.59 Å². The van der Waals surface area contributed by atoms with Crippen LogP contribution in [0, 0.1) is 0 Å². The van der Waals surface area contributed by atoms with Gasteiger partial charge in [-0.2, -0.15) is 0 Å². The van der Waals surface area contributed by atoms with Crippen LogP contribution in [0.4, 0.5) is 5.69 Å². The van der Waals surface area contributed by atoms with Crippen LogP contribution in [0.3, 0.4) is 0 Å². The van der Waals surface area contributed by atoms with Crippen molar-refractivity contribution in [3.05, 3.63) is 72.1 Å². The van der Waals surface area contributed by atoms with E-state index in [2.05, 4.69) is 20.9 Å². The van der Waals surface area contributed by atoms with Crippen molar-refractivity contribution in [1.29, 1.82) is 0 Å². The third-order valence-corrected chi connectivity index (χ3v) is 3.70. The fraction of sp³-hybridized carbons (Fsp3) is 0.111. The quantitative estimate of drug-likeness (QED) is 0.677. The first kappa shape index (κ1) is 16.4. The van der Waals surface area contributed by atoms with Crippen molar-refractivity contribution < 1.29 is 9.59 Å². The van der Waals surface area contributed by atoms with Gasteiger partial charge in [-0.1, -0.05) is 23.4 Å². The first-order valence-corrected chi connectivity index (χ1v) is 7.76. The van der Waals surface area contributed by atoms with Crippen molar-refractivity contribution in [3.8, 4) is 5.69 Å². The minimum atomic E-state index is -0.294. The zero-order valence-corrected chi connectivity index (χ0v) is 13.6. The summed E-state index contributed by atoms with van der Waals surface area (Å²) in [6.45, 7) is 1.85. The Labute approximate surface area is 144 Å². The standard InChI is InChI=1S/C18H17N5O2/c1-13(17-11-23(22-21-17)16-5-3-2-4-6-16)20-18(25)14-7-9-15(10-8-14)19-12-24/h2-13H,1H3,(H,19,24)(H,20,25)/t13-/m1/s1. The van der Waals surface area contributed by atoms with Gasteiger partial charge in [0.2, 0.25) is 6.41 Å². The van der Waals surface area contributed by atoms with E-state index in [1.807, 2.05) is 37.3 Å². The van der Waals surface area contributed by atoms with Crippen molar-refractivity contribution >= 4 is 18.0 Å². The molecule has 3 aromatic rings. The molecule has 7 heteroatoms. The van der Waals surface area contributed by atoms with Gasteiger partial charge in [0.25, 0.3) is 5.91 Å². The van der Waals surface area contributed by atoms with Crippen LogP contribution in [0.25, 0.3) is 5.69 Å². The Morgan fingerprint density at radius 2 is 1.84 bits per heavy atom. The normalized spacial score (nSPS) is 11.6. The molecular formula is C18H17N5O2. The predicted octanol–water partition coefficient (Wildman–Crippen LogP) is 2.33. The summed E-state index contributed by atoms with van der Waals surface area (Å²) < 4.78 is 1.66. The highest BCUT2D eigenvalue weighted by Gasteiger charge is 2.15. The molecule has 0 saturated heterocycles. The highest BCUT2D eigenvalue weighted by Crippen LogP contribution is 2.14. The molecule has 7 nitrogen and oxygen atoms in total. The first-order chi connectivity index (χ1) is 12.2. The molecule has 0 fully saturated rings. The highest BCUT2D eigenvalue weighted by molar-refractivity contribution is 5.94. The molecule has 0 spiro atoms. The van der Waals surface area contributed by atoms with Gasteiger partial charge in [0.1, 0.15) is 5.69 Å². The largest absolute Gasteiger partial charge is 0.344 e. The van der Waals surface area contributed by atoms with Crippen LogP contribution in [0.5, 0.6) is 0 Å². The zero-order chi connectivity index (χ0) is 17.6. The maximum Gasteiger partial charge on any atom is 0.251 e. The van der Waals surface area contributed by atoms with Gasteiger partial charge in [0.05, 0.1) is 17.9 Å². The van der Waals surface area contributed by atoms with Crippen molar-refractivity contribution in [2.24, 2.45) is 0 Å². The average Bonchev–Trinajstić information content (AvgIpc) is 3.13. The van der Waals surface area contributed by atoms with Crippen molar-refractivity contribution in [2.75, 3.05) is 5.32 Å². The fourth-order valence-electron chi connectivity index (χ4n) is 2.32. The van der Waals surface area contributed by atoms with Gasteiger partial charge in [0, 0.05) is 11.3 Å². The number of nitrogens with one attached hydrogen (secondary N) is 2. The molecule has 0 aliphatic heterocycles. The summed E-state index contributed by atoms with van der Waals surface area (Å²) in [5.74, 6) is -0.223. The maximum absolute atomic E-state index is 12.3. The molecule has 0 aliphatic carbocycles. The van der Waals surface area contributed by atoms with Crippen molar-refractivity contribution in [2.45, 2.75) is 13.0 Å². The fourth-order valence-corrected chi connectivity index (χ4v) is 2.32. The Kier molecular flexibility index (Phi) is 4.84. The monoisotopic (exact) mass is 335 g/mol. The molecule has 25 heavy (non-hydrogen) atoms. The highest BCUT2D eigenvalue weighted by atomic mass is 16.1. The van der Waals surface area contributed by atoms with Crippen molar-refractivity contribution in [3.63, 3.8) is 0 Å². The summed E-state index contributed by atoms with van der Waals surface area (Å²) >= 11 is 0. The van der Waals surface area contributed by atoms with Gasteiger partial charge in [0.15, 0.2) is 0 Å². The lowest BCUT2D eigenvalue weighted by Gasteiger charge is -2.11. The Hall–Kier alpha value is -3.48. The number of hydrogen-bond acceptors (Lipinski definition) is 4. The van der Waals surface area contributed by atoms with E-state index in [1.165, 1.54) is 0 Å². The second-order valence-corrected chi connectivity index (χ2v) is 5.46. The van der Waals surface area contributed by atoms with Gasteiger partial charge in [-0.25, -0.2) is 4.68 Å². The van der Waals surface area contributed by atoms with Gasteiger partial charge < -0.3 is 10.6 Å². The summed E-state index contributed by atoms with van der Waals surface area (Å²) in [6.07, 6.45) is 2.38. The number of para-hydroxylation sites is 1. The third kappa shape index (κ3) is 3.89. The second-order valence-electron chi connectivity index (χ2n) is 5.46. The molecule has 0 radical (unpaired) electrons. The molecule has 2 aromatic carbocycles. The predicted molar refractivity (Wildman–Crippen MR) is 93.4 cm³/mol. The van der Waals surface area contributed by atoms with E-state index >= 15 is 0 Å². The van der Waals surface area contributed by atoms with E-state index in [-0.39, 0.29) is 11.9 Å². The minimum absolute atomic E-state index is 0.223. The number of hydrogen-bond donors (Lipinski definition) is 2. The first-order valence-electron chi connectivity index (χ1n) is 7.76. The number of benzene rings is 2. The van der Waals surface area contributed by atoms with Gasteiger partial charge >= 0.3 is 0 Å². The van der Waals surface area contributed by atoms with Crippen LogP contribution >= 0.6 is 0 Å².